The molecule has 2 aromatic rings. The lowest BCUT2D eigenvalue weighted by molar-refractivity contribution is -0.131. The average molecular weight is 342 g/mol. The van der Waals surface area contributed by atoms with Crippen molar-refractivity contribution in [3.63, 3.8) is 0 Å². The molecule has 2 amide bonds. The third-order valence-electron chi connectivity index (χ3n) is 4.68. The Morgan fingerprint density at radius 3 is 2.72 bits per heavy atom. The molecule has 0 aliphatic carbocycles. The first kappa shape index (κ1) is 17.2. The summed E-state index contributed by atoms with van der Waals surface area (Å²) in [5, 5.41) is 6.27. The van der Waals surface area contributed by atoms with Crippen molar-refractivity contribution < 1.29 is 9.59 Å². The van der Waals surface area contributed by atoms with Crippen molar-refractivity contribution in [3.05, 3.63) is 46.2 Å². The molecule has 2 heterocycles. The molecule has 3 rings (SSSR count). The molecule has 0 radical (unpaired) electrons. The summed E-state index contributed by atoms with van der Waals surface area (Å²) in [6.07, 6.45) is 3.20. The number of carbonyl (C=O) groups is 2. The lowest BCUT2D eigenvalue weighted by atomic mass is 10.1. The van der Waals surface area contributed by atoms with Crippen LogP contribution in [-0.2, 0) is 4.79 Å². The van der Waals surface area contributed by atoms with E-state index in [0.717, 1.165) is 25.9 Å². The number of para-hydroxylation sites is 1. The van der Waals surface area contributed by atoms with Gasteiger partial charge in [0.15, 0.2) is 0 Å². The Bertz CT molecular complexity index is 840. The molecule has 132 valence electrons. The van der Waals surface area contributed by atoms with Crippen molar-refractivity contribution in [2.24, 2.45) is 0 Å². The van der Waals surface area contributed by atoms with Crippen LogP contribution in [0.1, 0.15) is 23.2 Å². The number of H-pyrrole nitrogens is 1. The largest absolute Gasteiger partial charge is 0.360 e. The molecule has 3 N–H and O–H groups in total. The number of amides is 2. The molecule has 1 saturated heterocycles. The van der Waals surface area contributed by atoms with E-state index < -0.39 is 5.91 Å². The smallest absolute Gasteiger partial charge is 0.257 e. The van der Waals surface area contributed by atoms with E-state index in [1.165, 1.54) is 6.20 Å². The number of rotatable bonds is 4. The van der Waals surface area contributed by atoms with Crippen LogP contribution in [-0.4, -0.2) is 54.4 Å². The van der Waals surface area contributed by atoms with Crippen molar-refractivity contribution in [2.75, 3.05) is 26.7 Å². The Hall–Kier alpha value is -2.67. The number of carbonyl (C=O) groups excluding carboxylic acids is 2. The van der Waals surface area contributed by atoms with Gasteiger partial charge in [-0.3, -0.25) is 14.4 Å². The lowest BCUT2D eigenvalue weighted by Crippen LogP contribution is -2.47. The number of benzene rings is 1. The van der Waals surface area contributed by atoms with Gasteiger partial charge in [0.05, 0.1) is 6.54 Å². The van der Waals surface area contributed by atoms with Crippen LogP contribution in [0.4, 0.5) is 0 Å². The highest BCUT2D eigenvalue weighted by molar-refractivity contribution is 5.98. The second-order valence-corrected chi connectivity index (χ2v) is 6.25. The van der Waals surface area contributed by atoms with Crippen LogP contribution in [0.3, 0.4) is 0 Å². The summed E-state index contributed by atoms with van der Waals surface area (Å²) in [6.45, 7) is 1.66. The molecular formula is C18H22N4O3. The van der Waals surface area contributed by atoms with E-state index in [1.54, 1.807) is 30.1 Å². The number of nitrogens with zero attached hydrogens (tertiary/aromatic N) is 1. The van der Waals surface area contributed by atoms with Gasteiger partial charge in [-0.1, -0.05) is 12.1 Å². The topological polar surface area (TPSA) is 94.3 Å². The van der Waals surface area contributed by atoms with E-state index in [9.17, 15) is 14.4 Å². The summed E-state index contributed by atoms with van der Waals surface area (Å²) in [5.41, 5.74) is 0.341. The zero-order chi connectivity index (χ0) is 17.8. The predicted octanol–water partition coefficient (Wildman–Crippen LogP) is 0.468. The van der Waals surface area contributed by atoms with Gasteiger partial charge in [-0.05, 0) is 38.1 Å². The molecule has 1 fully saturated rings. The van der Waals surface area contributed by atoms with Gasteiger partial charge < -0.3 is 20.5 Å². The number of likely N-dealkylation sites (N-methyl/N-ethyl adjacent to an activating group) is 1. The molecule has 7 heteroatoms. The minimum Gasteiger partial charge on any atom is -0.360 e. The predicted molar refractivity (Wildman–Crippen MR) is 95.6 cm³/mol. The Balaban J connectivity index is 1.65. The van der Waals surface area contributed by atoms with Gasteiger partial charge in [0, 0.05) is 30.2 Å². The molecule has 1 aliphatic rings. The van der Waals surface area contributed by atoms with Crippen LogP contribution in [0.5, 0.6) is 0 Å². The number of pyridine rings is 1. The molecule has 1 aromatic carbocycles. The summed E-state index contributed by atoms with van der Waals surface area (Å²) in [5.74, 6) is -0.698. The van der Waals surface area contributed by atoms with Gasteiger partial charge in [-0.25, -0.2) is 0 Å². The highest BCUT2D eigenvalue weighted by Gasteiger charge is 2.22. The minimum atomic E-state index is -0.543. The first-order chi connectivity index (χ1) is 12.1. The number of nitrogens with one attached hydrogen (secondary N) is 3. The van der Waals surface area contributed by atoms with Crippen LogP contribution in [0.15, 0.2) is 35.3 Å². The Labute approximate surface area is 145 Å². The number of fused-ring (bicyclic) bond motifs is 1. The summed E-state index contributed by atoms with van der Waals surface area (Å²) in [4.78, 5) is 41.6. The third kappa shape index (κ3) is 3.71. The first-order valence-electron chi connectivity index (χ1n) is 8.43. The van der Waals surface area contributed by atoms with Crippen LogP contribution in [0.25, 0.3) is 10.9 Å². The number of aromatic nitrogens is 1. The maximum atomic E-state index is 12.4. The van der Waals surface area contributed by atoms with E-state index in [-0.39, 0.29) is 29.5 Å². The second-order valence-electron chi connectivity index (χ2n) is 6.25. The SMILES string of the molecule is CN(C(=O)CNC(=O)c1c[nH]c2ccccc2c1=O)C1CCNCC1. The van der Waals surface area contributed by atoms with E-state index >= 15 is 0 Å². The van der Waals surface area contributed by atoms with Crippen molar-refractivity contribution in [3.8, 4) is 0 Å². The number of hydrogen-bond acceptors (Lipinski definition) is 4. The van der Waals surface area contributed by atoms with E-state index in [0.29, 0.717) is 10.9 Å². The third-order valence-corrected chi connectivity index (χ3v) is 4.68. The van der Waals surface area contributed by atoms with Gasteiger partial charge in [0.1, 0.15) is 5.56 Å². The van der Waals surface area contributed by atoms with E-state index in [2.05, 4.69) is 15.6 Å². The fraction of sp³-hybridized carbons (Fsp3) is 0.389. The molecule has 7 nitrogen and oxygen atoms in total. The molecule has 1 aromatic heterocycles. The van der Waals surface area contributed by atoms with Crippen molar-refractivity contribution in [2.45, 2.75) is 18.9 Å². The van der Waals surface area contributed by atoms with Crippen molar-refractivity contribution >= 4 is 22.7 Å². The summed E-state index contributed by atoms with van der Waals surface area (Å²) in [7, 11) is 1.76. The Morgan fingerprint density at radius 1 is 1.24 bits per heavy atom. The average Bonchev–Trinajstić information content (AvgIpc) is 2.66. The van der Waals surface area contributed by atoms with Crippen molar-refractivity contribution in [1.29, 1.82) is 0 Å². The molecular weight excluding hydrogens is 320 g/mol. The zero-order valence-electron chi connectivity index (χ0n) is 14.2. The van der Waals surface area contributed by atoms with Gasteiger partial charge in [-0.2, -0.15) is 0 Å². The molecule has 0 unspecified atom stereocenters. The van der Waals surface area contributed by atoms with Crippen LogP contribution < -0.4 is 16.1 Å². The fourth-order valence-electron chi connectivity index (χ4n) is 3.11. The molecule has 0 bridgehead atoms. The van der Waals surface area contributed by atoms with Crippen LogP contribution >= 0.6 is 0 Å². The monoisotopic (exact) mass is 342 g/mol. The first-order valence-corrected chi connectivity index (χ1v) is 8.43. The summed E-state index contributed by atoms with van der Waals surface area (Å²) >= 11 is 0. The number of piperidine rings is 1. The normalized spacial score (nSPS) is 15.1. The lowest BCUT2D eigenvalue weighted by Gasteiger charge is -2.31. The quantitative estimate of drug-likeness (QED) is 0.753. The van der Waals surface area contributed by atoms with Gasteiger partial charge >= 0.3 is 0 Å². The van der Waals surface area contributed by atoms with Gasteiger partial charge in [0.25, 0.3) is 5.91 Å². The molecule has 25 heavy (non-hydrogen) atoms. The van der Waals surface area contributed by atoms with Gasteiger partial charge in [0.2, 0.25) is 11.3 Å². The van der Waals surface area contributed by atoms with Crippen LogP contribution in [0.2, 0.25) is 0 Å². The summed E-state index contributed by atoms with van der Waals surface area (Å²) in [6, 6.07) is 7.19. The number of hydrogen-bond donors (Lipinski definition) is 3. The Morgan fingerprint density at radius 2 is 1.96 bits per heavy atom. The number of aromatic amines is 1. The molecule has 0 saturated carbocycles. The summed E-state index contributed by atoms with van der Waals surface area (Å²) < 4.78 is 0. The second kappa shape index (κ2) is 7.48. The Kier molecular flexibility index (Phi) is 5.14. The fourth-order valence-corrected chi connectivity index (χ4v) is 3.11. The zero-order valence-corrected chi connectivity index (χ0v) is 14.2. The molecule has 0 atom stereocenters. The molecule has 0 spiro atoms. The van der Waals surface area contributed by atoms with E-state index in [1.807, 2.05) is 6.07 Å². The van der Waals surface area contributed by atoms with Crippen LogP contribution in [0, 0.1) is 0 Å². The van der Waals surface area contributed by atoms with Gasteiger partial charge in [-0.15, -0.1) is 0 Å². The standard InChI is InChI=1S/C18H22N4O3/c1-22(12-6-8-19-9-7-12)16(23)11-21-18(25)14-10-20-15-5-3-2-4-13(15)17(14)24/h2-5,10,12,19H,6-9,11H2,1H3,(H,20,24)(H,21,25). The van der Waals surface area contributed by atoms with Crippen molar-refractivity contribution in [1.82, 2.24) is 20.5 Å². The maximum absolute atomic E-state index is 12.4. The van der Waals surface area contributed by atoms with E-state index in [4.69, 9.17) is 0 Å². The maximum Gasteiger partial charge on any atom is 0.257 e. The molecule has 1 aliphatic heterocycles. The minimum absolute atomic E-state index is 0.0102. The highest BCUT2D eigenvalue weighted by atomic mass is 16.2. The highest BCUT2D eigenvalue weighted by Crippen LogP contribution is 2.10.